The molecule has 2 aromatic rings. The zero-order valence-corrected chi connectivity index (χ0v) is 13.0. The lowest BCUT2D eigenvalue weighted by Crippen LogP contribution is -2.18. The van der Waals surface area contributed by atoms with Gasteiger partial charge in [-0.05, 0) is 42.9 Å². The average molecular weight is 347 g/mol. The highest BCUT2D eigenvalue weighted by Crippen LogP contribution is 2.30. The molecule has 1 atom stereocenters. The molecule has 0 amide bonds. The summed E-state index contributed by atoms with van der Waals surface area (Å²) < 4.78 is 0.932. The molecule has 0 saturated heterocycles. The van der Waals surface area contributed by atoms with E-state index in [-0.39, 0.29) is 0 Å². The molecular weight excluding hydrogens is 332 g/mol. The van der Waals surface area contributed by atoms with Gasteiger partial charge in [0.15, 0.2) is 0 Å². The van der Waals surface area contributed by atoms with Crippen molar-refractivity contribution in [2.75, 3.05) is 0 Å². The zero-order valence-electron chi connectivity index (χ0n) is 11.4. The quantitative estimate of drug-likeness (QED) is 0.923. The summed E-state index contributed by atoms with van der Waals surface area (Å²) >= 11 is 3.48. The van der Waals surface area contributed by atoms with Gasteiger partial charge >= 0.3 is 5.97 Å². The van der Waals surface area contributed by atoms with E-state index in [1.165, 1.54) is 6.33 Å². The normalized spacial score (nSPS) is 14.7. The molecule has 1 N–H and O–H groups in total. The topological polar surface area (TPSA) is 63.1 Å². The standard InChI is InChI=1S/C16H15BrN2O2/c17-13-6-2-1-4-10(13)8-12(16(20)21)15-11-5-3-7-14(11)18-9-19-15/h1-2,4,6,9,12H,3,5,7-8H2,(H,20,21). The van der Waals surface area contributed by atoms with Crippen molar-refractivity contribution in [1.29, 1.82) is 0 Å². The second kappa shape index (κ2) is 5.93. The molecule has 0 saturated carbocycles. The summed E-state index contributed by atoms with van der Waals surface area (Å²) in [6, 6.07) is 7.72. The Balaban J connectivity index is 1.98. The number of hydrogen-bond acceptors (Lipinski definition) is 3. The fraction of sp³-hybridized carbons (Fsp3) is 0.312. The predicted molar refractivity (Wildman–Crippen MR) is 82.3 cm³/mol. The lowest BCUT2D eigenvalue weighted by atomic mass is 9.92. The number of aromatic nitrogens is 2. The van der Waals surface area contributed by atoms with Crippen molar-refractivity contribution < 1.29 is 9.90 Å². The third-order valence-corrected chi connectivity index (χ3v) is 4.69. The fourth-order valence-electron chi connectivity index (χ4n) is 2.87. The molecule has 108 valence electrons. The largest absolute Gasteiger partial charge is 0.481 e. The molecule has 1 aliphatic rings. The van der Waals surface area contributed by atoms with Gasteiger partial charge in [-0.15, -0.1) is 0 Å². The van der Waals surface area contributed by atoms with Gasteiger partial charge in [-0.2, -0.15) is 0 Å². The Morgan fingerprint density at radius 1 is 1.29 bits per heavy atom. The van der Waals surface area contributed by atoms with E-state index < -0.39 is 11.9 Å². The minimum atomic E-state index is -0.835. The molecule has 21 heavy (non-hydrogen) atoms. The van der Waals surface area contributed by atoms with Crippen molar-refractivity contribution in [2.45, 2.75) is 31.6 Å². The van der Waals surface area contributed by atoms with Crippen LogP contribution < -0.4 is 0 Å². The predicted octanol–water partition coefficient (Wildman–Crippen LogP) is 3.14. The van der Waals surface area contributed by atoms with Crippen LogP contribution in [-0.4, -0.2) is 21.0 Å². The lowest BCUT2D eigenvalue weighted by Gasteiger charge is -2.16. The Labute approximate surface area is 131 Å². The smallest absolute Gasteiger partial charge is 0.312 e. The van der Waals surface area contributed by atoms with Gasteiger partial charge in [0.1, 0.15) is 12.2 Å². The fourth-order valence-corrected chi connectivity index (χ4v) is 3.32. The van der Waals surface area contributed by atoms with Gasteiger partial charge in [0.05, 0.1) is 5.69 Å². The highest BCUT2D eigenvalue weighted by Gasteiger charge is 2.28. The Morgan fingerprint density at radius 3 is 2.86 bits per heavy atom. The van der Waals surface area contributed by atoms with Crippen LogP contribution in [0.5, 0.6) is 0 Å². The maximum atomic E-state index is 11.7. The summed E-state index contributed by atoms with van der Waals surface area (Å²) in [6.45, 7) is 0. The van der Waals surface area contributed by atoms with Gasteiger partial charge in [0.2, 0.25) is 0 Å². The number of aryl methyl sites for hydroxylation is 1. The highest BCUT2D eigenvalue weighted by atomic mass is 79.9. The van der Waals surface area contributed by atoms with Crippen molar-refractivity contribution in [2.24, 2.45) is 0 Å². The van der Waals surface area contributed by atoms with Crippen molar-refractivity contribution >= 4 is 21.9 Å². The van der Waals surface area contributed by atoms with Crippen molar-refractivity contribution in [3.63, 3.8) is 0 Å². The lowest BCUT2D eigenvalue weighted by molar-refractivity contribution is -0.138. The molecule has 1 heterocycles. The van der Waals surface area contributed by atoms with Gasteiger partial charge < -0.3 is 5.11 Å². The van der Waals surface area contributed by atoms with Crippen molar-refractivity contribution in [3.05, 3.63) is 57.6 Å². The van der Waals surface area contributed by atoms with E-state index in [0.29, 0.717) is 12.1 Å². The molecule has 1 aromatic heterocycles. The summed E-state index contributed by atoms with van der Waals surface area (Å²) in [7, 11) is 0. The molecule has 0 spiro atoms. The second-order valence-corrected chi connectivity index (χ2v) is 6.08. The number of carbonyl (C=O) groups is 1. The molecule has 1 aromatic carbocycles. The van der Waals surface area contributed by atoms with E-state index in [2.05, 4.69) is 25.9 Å². The van der Waals surface area contributed by atoms with Crippen LogP contribution in [0.4, 0.5) is 0 Å². The molecular formula is C16H15BrN2O2. The van der Waals surface area contributed by atoms with E-state index in [1.807, 2.05) is 24.3 Å². The Hall–Kier alpha value is -1.75. The van der Waals surface area contributed by atoms with Gasteiger partial charge in [0, 0.05) is 10.2 Å². The average Bonchev–Trinajstić information content (AvgIpc) is 2.94. The van der Waals surface area contributed by atoms with Crippen LogP contribution in [0.15, 0.2) is 35.1 Å². The number of aliphatic carboxylic acids is 1. The third kappa shape index (κ3) is 2.83. The monoisotopic (exact) mass is 346 g/mol. The molecule has 1 unspecified atom stereocenters. The minimum absolute atomic E-state index is 0.431. The first-order valence-electron chi connectivity index (χ1n) is 6.95. The highest BCUT2D eigenvalue weighted by molar-refractivity contribution is 9.10. The van der Waals surface area contributed by atoms with E-state index in [9.17, 15) is 9.90 Å². The second-order valence-electron chi connectivity index (χ2n) is 5.22. The number of hydrogen-bond donors (Lipinski definition) is 1. The number of fused-ring (bicyclic) bond motifs is 1. The summed E-state index contributed by atoms with van der Waals surface area (Å²) in [5, 5.41) is 9.63. The molecule has 1 aliphatic carbocycles. The first-order chi connectivity index (χ1) is 10.2. The van der Waals surface area contributed by atoms with Crippen LogP contribution in [0.25, 0.3) is 0 Å². The molecule has 3 rings (SSSR count). The molecule has 0 bridgehead atoms. The maximum Gasteiger partial charge on any atom is 0.312 e. The van der Waals surface area contributed by atoms with Crippen LogP contribution in [0, 0.1) is 0 Å². The summed E-state index contributed by atoms with van der Waals surface area (Å²) in [4.78, 5) is 20.3. The van der Waals surface area contributed by atoms with Gasteiger partial charge in [-0.25, -0.2) is 9.97 Å². The van der Waals surface area contributed by atoms with Crippen LogP contribution in [0.1, 0.15) is 34.9 Å². The molecule has 0 radical (unpaired) electrons. The minimum Gasteiger partial charge on any atom is -0.481 e. The van der Waals surface area contributed by atoms with Crippen molar-refractivity contribution in [3.8, 4) is 0 Å². The SMILES string of the molecule is O=C(O)C(Cc1ccccc1Br)c1ncnc2c1CCC2. The molecule has 4 nitrogen and oxygen atoms in total. The summed E-state index contributed by atoms with van der Waals surface area (Å²) in [6.07, 6.45) is 4.76. The number of halogens is 1. The van der Waals surface area contributed by atoms with Crippen LogP contribution in [-0.2, 0) is 24.1 Å². The van der Waals surface area contributed by atoms with Crippen LogP contribution >= 0.6 is 15.9 Å². The number of benzene rings is 1. The van der Waals surface area contributed by atoms with E-state index in [4.69, 9.17) is 0 Å². The summed E-state index contributed by atoms with van der Waals surface area (Å²) in [5.74, 6) is -1.46. The Kier molecular flexibility index (Phi) is 4.01. The number of carboxylic acid groups (broad SMARTS) is 1. The van der Waals surface area contributed by atoms with Crippen LogP contribution in [0.3, 0.4) is 0 Å². The van der Waals surface area contributed by atoms with E-state index >= 15 is 0 Å². The molecule has 0 fully saturated rings. The first-order valence-corrected chi connectivity index (χ1v) is 7.75. The van der Waals surface area contributed by atoms with Crippen LogP contribution in [0.2, 0.25) is 0 Å². The maximum absolute atomic E-state index is 11.7. The zero-order chi connectivity index (χ0) is 14.8. The third-order valence-electron chi connectivity index (χ3n) is 3.92. The Bertz CT molecular complexity index is 688. The number of carboxylic acids is 1. The Morgan fingerprint density at radius 2 is 2.10 bits per heavy atom. The summed E-state index contributed by atoms with van der Waals surface area (Å²) in [5.41, 5.74) is 3.71. The molecule has 5 heteroatoms. The van der Waals surface area contributed by atoms with E-state index in [1.54, 1.807) is 0 Å². The van der Waals surface area contributed by atoms with Gasteiger partial charge in [0.25, 0.3) is 0 Å². The molecule has 0 aliphatic heterocycles. The van der Waals surface area contributed by atoms with E-state index in [0.717, 1.165) is 40.6 Å². The van der Waals surface area contributed by atoms with Crippen molar-refractivity contribution in [1.82, 2.24) is 9.97 Å². The first kappa shape index (κ1) is 14.2. The number of rotatable bonds is 4. The van der Waals surface area contributed by atoms with Gasteiger partial charge in [-0.1, -0.05) is 34.1 Å². The number of nitrogens with zero attached hydrogens (tertiary/aromatic N) is 2. The van der Waals surface area contributed by atoms with Gasteiger partial charge in [-0.3, -0.25) is 4.79 Å².